The van der Waals surface area contributed by atoms with Crippen LogP contribution in [0.2, 0.25) is 5.02 Å². The molecule has 5 nitrogen and oxygen atoms in total. The van der Waals surface area contributed by atoms with Gasteiger partial charge in [-0.15, -0.1) is 0 Å². The molecule has 0 unspecified atom stereocenters. The first-order valence-electron chi connectivity index (χ1n) is 7.91. The minimum Gasteiger partial charge on any atom is -0.326 e. The fourth-order valence-electron chi connectivity index (χ4n) is 2.31. The maximum Gasteiger partial charge on any atom is 0.251 e. The van der Waals surface area contributed by atoms with Crippen LogP contribution in [-0.2, 0) is 17.0 Å². The Morgan fingerprint density at radius 3 is 2.69 bits per heavy atom. The predicted molar refractivity (Wildman–Crippen MR) is 105 cm³/mol. The first-order chi connectivity index (χ1) is 12.6. The minimum atomic E-state index is -0.281. The molecule has 0 spiro atoms. The maximum atomic E-state index is 12.1. The summed E-state index contributed by atoms with van der Waals surface area (Å²) in [5.41, 5.74) is 1.88. The second-order valence-electron chi connectivity index (χ2n) is 5.55. The first kappa shape index (κ1) is 18.2. The van der Waals surface area contributed by atoms with Crippen molar-refractivity contribution in [1.82, 2.24) is 9.97 Å². The van der Waals surface area contributed by atoms with Crippen LogP contribution in [0.3, 0.4) is 0 Å². The third-order valence-corrected chi connectivity index (χ3v) is 4.62. The van der Waals surface area contributed by atoms with Crippen LogP contribution in [0.4, 0.5) is 5.69 Å². The molecule has 0 fully saturated rings. The highest BCUT2D eigenvalue weighted by Crippen LogP contribution is 2.20. The molecular weight excluding hydrogens is 370 g/mol. The quantitative estimate of drug-likeness (QED) is 0.498. The van der Waals surface area contributed by atoms with E-state index in [1.54, 1.807) is 12.1 Å². The maximum absolute atomic E-state index is 12.1. The first-order valence-corrected chi connectivity index (χ1v) is 9.27. The number of nitrogens with zero attached hydrogens (tertiary/aromatic N) is 1. The lowest BCUT2D eigenvalue weighted by Crippen LogP contribution is -2.18. The molecule has 2 aromatic carbocycles. The topological polar surface area (TPSA) is 74.8 Å². The van der Waals surface area contributed by atoms with Gasteiger partial charge in [-0.05, 0) is 29.8 Å². The van der Waals surface area contributed by atoms with Crippen molar-refractivity contribution in [3.63, 3.8) is 0 Å². The van der Waals surface area contributed by atoms with Crippen LogP contribution in [0.15, 0.2) is 70.6 Å². The molecule has 3 aromatic rings. The molecular formula is C19H16ClN3O2S. The summed E-state index contributed by atoms with van der Waals surface area (Å²) in [5, 5.41) is 3.92. The summed E-state index contributed by atoms with van der Waals surface area (Å²) in [5.74, 6) is 0.392. The van der Waals surface area contributed by atoms with E-state index < -0.39 is 0 Å². The number of halogens is 1. The Labute approximate surface area is 159 Å². The summed E-state index contributed by atoms with van der Waals surface area (Å²) in [7, 11) is 0. The van der Waals surface area contributed by atoms with E-state index in [-0.39, 0.29) is 17.9 Å². The molecule has 0 radical (unpaired) electrons. The van der Waals surface area contributed by atoms with Crippen LogP contribution in [0, 0.1) is 0 Å². The van der Waals surface area contributed by atoms with Gasteiger partial charge in [-0.1, -0.05) is 53.7 Å². The van der Waals surface area contributed by atoms with Gasteiger partial charge in [0.15, 0.2) is 5.16 Å². The Morgan fingerprint density at radius 2 is 1.92 bits per heavy atom. The fraction of sp³-hybridized carbons (Fsp3) is 0.105. The third-order valence-electron chi connectivity index (χ3n) is 3.44. The zero-order chi connectivity index (χ0) is 18.4. The molecule has 1 aromatic heterocycles. The number of carbonyl (C=O) groups excluding carboxylic acids is 1. The van der Waals surface area contributed by atoms with Crippen molar-refractivity contribution in [2.75, 3.05) is 5.32 Å². The SMILES string of the molecule is O=C(Cc1cc(=O)[nH]c(SCc2cccc(Cl)c2)n1)Nc1ccccc1. The van der Waals surface area contributed by atoms with E-state index in [1.165, 1.54) is 17.8 Å². The number of rotatable bonds is 6. The van der Waals surface area contributed by atoms with Gasteiger partial charge in [0.2, 0.25) is 5.91 Å². The smallest absolute Gasteiger partial charge is 0.251 e. The molecule has 132 valence electrons. The van der Waals surface area contributed by atoms with Gasteiger partial charge < -0.3 is 10.3 Å². The second-order valence-corrected chi connectivity index (χ2v) is 6.95. The Bertz CT molecular complexity index is 960. The summed E-state index contributed by atoms with van der Waals surface area (Å²) < 4.78 is 0. The number of aromatic amines is 1. The lowest BCUT2D eigenvalue weighted by molar-refractivity contribution is -0.115. The van der Waals surface area contributed by atoms with Crippen LogP contribution in [-0.4, -0.2) is 15.9 Å². The fourth-order valence-corrected chi connectivity index (χ4v) is 3.36. The largest absolute Gasteiger partial charge is 0.326 e. The van der Waals surface area contributed by atoms with Gasteiger partial charge in [-0.3, -0.25) is 9.59 Å². The van der Waals surface area contributed by atoms with Crippen molar-refractivity contribution >= 4 is 35.0 Å². The summed E-state index contributed by atoms with van der Waals surface area (Å²) in [6.07, 6.45) is 0.0313. The molecule has 0 aliphatic rings. The van der Waals surface area contributed by atoms with Crippen LogP contribution in [0.25, 0.3) is 0 Å². The zero-order valence-corrected chi connectivity index (χ0v) is 15.3. The molecule has 0 aliphatic heterocycles. The highest BCUT2D eigenvalue weighted by atomic mass is 35.5. The molecule has 0 bridgehead atoms. The molecule has 7 heteroatoms. The lowest BCUT2D eigenvalue weighted by Gasteiger charge is -2.06. The number of aromatic nitrogens is 2. The zero-order valence-electron chi connectivity index (χ0n) is 13.7. The third kappa shape index (κ3) is 5.47. The number of carbonyl (C=O) groups is 1. The van der Waals surface area contributed by atoms with Crippen molar-refractivity contribution in [2.24, 2.45) is 0 Å². The van der Waals surface area contributed by atoms with E-state index in [1.807, 2.05) is 42.5 Å². The highest BCUT2D eigenvalue weighted by molar-refractivity contribution is 7.98. The van der Waals surface area contributed by atoms with E-state index in [2.05, 4.69) is 15.3 Å². The van der Waals surface area contributed by atoms with Gasteiger partial charge in [0.25, 0.3) is 5.56 Å². The van der Waals surface area contributed by atoms with Crippen LogP contribution in [0.1, 0.15) is 11.3 Å². The van der Waals surface area contributed by atoms with Gasteiger partial charge in [-0.2, -0.15) is 0 Å². The van der Waals surface area contributed by atoms with Gasteiger partial charge in [0.05, 0.1) is 12.1 Å². The van der Waals surface area contributed by atoms with E-state index in [9.17, 15) is 9.59 Å². The monoisotopic (exact) mass is 385 g/mol. The van der Waals surface area contributed by atoms with E-state index in [4.69, 9.17) is 11.6 Å². The molecule has 1 heterocycles. The van der Waals surface area contributed by atoms with E-state index in [0.717, 1.165) is 5.56 Å². The Balaban J connectivity index is 1.65. The van der Waals surface area contributed by atoms with E-state index in [0.29, 0.717) is 27.3 Å². The predicted octanol–water partition coefficient (Wildman–Crippen LogP) is 3.90. The van der Waals surface area contributed by atoms with Crippen molar-refractivity contribution in [1.29, 1.82) is 0 Å². The number of hydrogen-bond acceptors (Lipinski definition) is 4. The second kappa shape index (κ2) is 8.69. The van der Waals surface area contributed by atoms with Gasteiger partial charge in [0.1, 0.15) is 0 Å². The molecule has 3 rings (SSSR count). The van der Waals surface area contributed by atoms with Gasteiger partial charge >= 0.3 is 0 Å². The number of para-hydroxylation sites is 1. The number of thioether (sulfide) groups is 1. The molecule has 0 aliphatic carbocycles. The Hall–Kier alpha value is -2.57. The van der Waals surface area contributed by atoms with Crippen LogP contribution < -0.4 is 10.9 Å². The summed E-state index contributed by atoms with van der Waals surface area (Å²) >= 11 is 7.36. The molecule has 1 amide bonds. The Kier molecular flexibility index (Phi) is 6.09. The van der Waals surface area contributed by atoms with Crippen molar-refractivity contribution in [3.05, 3.63) is 87.3 Å². The summed E-state index contributed by atoms with van der Waals surface area (Å²) in [4.78, 5) is 31.0. The number of H-pyrrole nitrogens is 1. The molecule has 2 N–H and O–H groups in total. The molecule has 26 heavy (non-hydrogen) atoms. The number of benzene rings is 2. The van der Waals surface area contributed by atoms with Crippen LogP contribution in [0.5, 0.6) is 0 Å². The highest BCUT2D eigenvalue weighted by Gasteiger charge is 2.08. The Morgan fingerprint density at radius 1 is 1.12 bits per heavy atom. The van der Waals surface area contributed by atoms with Crippen molar-refractivity contribution in [2.45, 2.75) is 17.3 Å². The van der Waals surface area contributed by atoms with Gasteiger partial charge in [-0.25, -0.2) is 4.98 Å². The normalized spacial score (nSPS) is 10.5. The summed E-state index contributed by atoms with van der Waals surface area (Å²) in [6, 6.07) is 18.0. The van der Waals surface area contributed by atoms with Gasteiger partial charge in [0, 0.05) is 22.5 Å². The number of amides is 1. The molecule has 0 saturated carbocycles. The minimum absolute atomic E-state index is 0.0313. The number of nitrogens with one attached hydrogen (secondary N) is 2. The average Bonchev–Trinajstić information content (AvgIpc) is 2.60. The molecule has 0 atom stereocenters. The van der Waals surface area contributed by atoms with E-state index >= 15 is 0 Å². The number of anilines is 1. The average molecular weight is 386 g/mol. The lowest BCUT2D eigenvalue weighted by atomic mass is 10.2. The standard InChI is InChI=1S/C19H16ClN3O2S/c20-14-6-4-5-13(9-14)12-26-19-22-16(11-18(25)23-19)10-17(24)21-15-7-2-1-3-8-15/h1-9,11H,10,12H2,(H,21,24)(H,22,23,25). The molecule has 0 saturated heterocycles. The van der Waals surface area contributed by atoms with Crippen molar-refractivity contribution in [3.8, 4) is 0 Å². The number of hydrogen-bond donors (Lipinski definition) is 2. The summed E-state index contributed by atoms with van der Waals surface area (Å²) in [6.45, 7) is 0. The van der Waals surface area contributed by atoms with Crippen LogP contribution >= 0.6 is 23.4 Å². The van der Waals surface area contributed by atoms with Crippen molar-refractivity contribution < 1.29 is 4.79 Å².